The maximum absolute atomic E-state index is 5.62. The molecule has 1 unspecified atom stereocenters. The largest absolute Gasteiger partial charge is 0.394 e. The zero-order valence-electron chi connectivity index (χ0n) is 6.21. The van der Waals surface area contributed by atoms with E-state index in [4.69, 9.17) is 10.3 Å². The molecule has 4 nitrogen and oxygen atoms in total. The first kappa shape index (κ1) is 6.67. The van der Waals surface area contributed by atoms with Crippen molar-refractivity contribution < 1.29 is 4.52 Å². The molecule has 1 saturated heterocycles. The molecule has 2 rings (SSSR count). The predicted molar refractivity (Wildman–Crippen MR) is 40.9 cm³/mol. The van der Waals surface area contributed by atoms with E-state index < -0.39 is 0 Å². The van der Waals surface area contributed by atoms with Crippen molar-refractivity contribution in [1.29, 1.82) is 0 Å². The normalized spacial score (nSPS) is 24.2. The summed E-state index contributed by atoms with van der Waals surface area (Å²) in [5, 5.41) is 6.91. The summed E-state index contributed by atoms with van der Waals surface area (Å²) in [6, 6.07) is 0.289. The summed E-state index contributed by atoms with van der Waals surface area (Å²) in [6.45, 7) is 1.05. The number of nitrogens with two attached hydrogens (primary N) is 1. The molecule has 3 N–H and O–H groups in total. The van der Waals surface area contributed by atoms with Gasteiger partial charge in [-0.3, -0.25) is 0 Å². The first-order valence-electron chi connectivity index (χ1n) is 3.81. The van der Waals surface area contributed by atoms with E-state index >= 15 is 0 Å². The maximum atomic E-state index is 5.62. The smallest absolute Gasteiger partial charge is 0.176 e. The Morgan fingerprint density at radius 2 is 2.64 bits per heavy atom. The van der Waals surface area contributed by atoms with Crippen molar-refractivity contribution in [2.24, 2.45) is 0 Å². The van der Waals surface area contributed by atoms with E-state index in [0.29, 0.717) is 5.69 Å². The van der Waals surface area contributed by atoms with E-state index in [1.807, 2.05) is 0 Å². The number of anilines is 1. The van der Waals surface area contributed by atoms with Gasteiger partial charge in [0.25, 0.3) is 0 Å². The molecule has 0 aromatic carbocycles. The number of hydrogen-bond donors (Lipinski definition) is 2. The van der Waals surface area contributed by atoms with Crippen molar-refractivity contribution in [2.45, 2.75) is 18.9 Å². The minimum Gasteiger partial charge on any atom is -0.394 e. The molecule has 1 aromatic rings. The van der Waals surface area contributed by atoms with Crippen molar-refractivity contribution >= 4 is 5.69 Å². The summed E-state index contributed by atoms with van der Waals surface area (Å²) >= 11 is 0. The van der Waals surface area contributed by atoms with Crippen LogP contribution in [0.5, 0.6) is 0 Å². The maximum Gasteiger partial charge on any atom is 0.176 e. The Balaban J connectivity index is 2.21. The molecule has 2 heterocycles. The molecule has 0 bridgehead atoms. The average molecular weight is 153 g/mol. The summed E-state index contributed by atoms with van der Waals surface area (Å²) in [7, 11) is 0. The molecule has 0 saturated carbocycles. The highest BCUT2D eigenvalue weighted by Gasteiger charge is 2.21. The summed E-state index contributed by atoms with van der Waals surface area (Å²) in [5.74, 6) is 0.794. The highest BCUT2D eigenvalue weighted by atomic mass is 16.5. The van der Waals surface area contributed by atoms with Gasteiger partial charge in [0, 0.05) is 0 Å². The highest BCUT2D eigenvalue weighted by molar-refractivity contribution is 5.40. The van der Waals surface area contributed by atoms with Crippen LogP contribution in [0.3, 0.4) is 0 Å². The fourth-order valence-corrected chi connectivity index (χ4v) is 1.43. The Bertz CT molecular complexity index is 240. The molecule has 60 valence electrons. The average Bonchev–Trinajstić information content (AvgIpc) is 2.55. The van der Waals surface area contributed by atoms with Crippen LogP contribution in [0.15, 0.2) is 10.7 Å². The quantitative estimate of drug-likeness (QED) is 0.622. The Morgan fingerprint density at radius 1 is 1.73 bits per heavy atom. The van der Waals surface area contributed by atoms with Crippen LogP contribution in [-0.2, 0) is 0 Å². The van der Waals surface area contributed by atoms with Gasteiger partial charge in [-0.2, -0.15) is 0 Å². The fourth-order valence-electron chi connectivity index (χ4n) is 1.43. The molecule has 0 spiro atoms. The van der Waals surface area contributed by atoms with E-state index in [0.717, 1.165) is 18.7 Å². The molecule has 1 aliphatic heterocycles. The lowest BCUT2D eigenvalue weighted by Gasteiger charge is -2.04. The second-order valence-corrected chi connectivity index (χ2v) is 2.79. The van der Waals surface area contributed by atoms with Gasteiger partial charge in [0.05, 0.1) is 17.9 Å². The molecule has 1 aliphatic rings. The second kappa shape index (κ2) is 2.54. The number of nitrogen functional groups attached to an aromatic ring is 1. The monoisotopic (exact) mass is 153 g/mol. The van der Waals surface area contributed by atoms with E-state index in [9.17, 15) is 0 Å². The van der Waals surface area contributed by atoms with Crippen molar-refractivity contribution in [3.63, 3.8) is 0 Å². The lowest BCUT2D eigenvalue weighted by Crippen LogP contribution is -2.13. The molecular formula is C7H11N3O. The van der Waals surface area contributed by atoms with Gasteiger partial charge >= 0.3 is 0 Å². The van der Waals surface area contributed by atoms with Gasteiger partial charge in [-0.1, -0.05) is 5.16 Å². The molecule has 1 atom stereocenters. The predicted octanol–water partition coefficient (Wildman–Crippen LogP) is 0.681. The van der Waals surface area contributed by atoms with Crippen LogP contribution in [0, 0.1) is 0 Å². The van der Waals surface area contributed by atoms with Gasteiger partial charge in [-0.15, -0.1) is 0 Å². The molecule has 1 fully saturated rings. The molecule has 0 radical (unpaired) electrons. The minimum atomic E-state index is 0.289. The van der Waals surface area contributed by atoms with Gasteiger partial charge in [0.2, 0.25) is 0 Å². The summed E-state index contributed by atoms with van der Waals surface area (Å²) in [4.78, 5) is 0. The Labute approximate surface area is 64.7 Å². The Morgan fingerprint density at radius 3 is 3.18 bits per heavy atom. The molecule has 11 heavy (non-hydrogen) atoms. The SMILES string of the molecule is Nc1cnoc1C1CCCN1. The molecule has 1 aromatic heterocycles. The van der Waals surface area contributed by atoms with Gasteiger partial charge < -0.3 is 15.6 Å². The first-order chi connectivity index (χ1) is 5.38. The summed E-state index contributed by atoms with van der Waals surface area (Å²) < 4.78 is 5.01. The molecule has 4 heteroatoms. The van der Waals surface area contributed by atoms with Gasteiger partial charge in [0.15, 0.2) is 5.76 Å². The number of nitrogens with zero attached hydrogens (tertiary/aromatic N) is 1. The Hall–Kier alpha value is -1.03. The second-order valence-electron chi connectivity index (χ2n) is 2.79. The van der Waals surface area contributed by atoms with Crippen molar-refractivity contribution in [2.75, 3.05) is 12.3 Å². The molecule has 0 aliphatic carbocycles. The third-order valence-corrected chi connectivity index (χ3v) is 2.00. The lowest BCUT2D eigenvalue weighted by atomic mass is 10.1. The third kappa shape index (κ3) is 1.09. The zero-order chi connectivity index (χ0) is 7.68. The van der Waals surface area contributed by atoms with Crippen LogP contribution in [0.2, 0.25) is 0 Å². The van der Waals surface area contributed by atoms with Crippen LogP contribution < -0.4 is 11.1 Å². The van der Waals surface area contributed by atoms with Crippen LogP contribution in [0.25, 0.3) is 0 Å². The van der Waals surface area contributed by atoms with Gasteiger partial charge in [-0.25, -0.2) is 0 Å². The number of aromatic nitrogens is 1. The summed E-state index contributed by atoms with van der Waals surface area (Å²) in [5.41, 5.74) is 6.28. The minimum absolute atomic E-state index is 0.289. The van der Waals surface area contributed by atoms with Crippen LogP contribution in [0.1, 0.15) is 24.6 Å². The van der Waals surface area contributed by atoms with E-state index in [-0.39, 0.29) is 6.04 Å². The van der Waals surface area contributed by atoms with Crippen molar-refractivity contribution in [3.8, 4) is 0 Å². The van der Waals surface area contributed by atoms with Crippen molar-refractivity contribution in [1.82, 2.24) is 10.5 Å². The number of hydrogen-bond acceptors (Lipinski definition) is 4. The Kier molecular flexibility index (Phi) is 1.54. The lowest BCUT2D eigenvalue weighted by molar-refractivity contribution is 0.352. The van der Waals surface area contributed by atoms with Gasteiger partial charge in [-0.05, 0) is 19.4 Å². The first-order valence-corrected chi connectivity index (χ1v) is 3.81. The number of nitrogens with one attached hydrogen (secondary N) is 1. The van der Waals surface area contributed by atoms with Crippen LogP contribution in [-0.4, -0.2) is 11.7 Å². The van der Waals surface area contributed by atoms with Crippen molar-refractivity contribution in [3.05, 3.63) is 12.0 Å². The zero-order valence-corrected chi connectivity index (χ0v) is 6.21. The molecule has 0 amide bonds. The topological polar surface area (TPSA) is 64.1 Å². The fraction of sp³-hybridized carbons (Fsp3) is 0.571. The highest BCUT2D eigenvalue weighted by Crippen LogP contribution is 2.26. The standard InChI is InChI=1S/C7H11N3O/c8-5-4-10-11-7(5)6-2-1-3-9-6/h4,6,9H,1-3,8H2. The van der Waals surface area contributed by atoms with E-state index in [1.165, 1.54) is 6.42 Å². The number of rotatable bonds is 1. The third-order valence-electron chi connectivity index (χ3n) is 2.00. The van der Waals surface area contributed by atoms with Gasteiger partial charge in [0.1, 0.15) is 0 Å². The summed E-state index contributed by atoms with van der Waals surface area (Å²) in [6.07, 6.45) is 3.83. The van der Waals surface area contributed by atoms with Crippen LogP contribution >= 0.6 is 0 Å². The molecular weight excluding hydrogens is 142 g/mol. The van der Waals surface area contributed by atoms with E-state index in [1.54, 1.807) is 6.20 Å². The van der Waals surface area contributed by atoms with E-state index in [2.05, 4.69) is 10.5 Å². The van der Waals surface area contributed by atoms with Crippen LogP contribution in [0.4, 0.5) is 5.69 Å².